The smallest absolute Gasteiger partial charge is 0.279 e. The van der Waals surface area contributed by atoms with Gasteiger partial charge in [0.2, 0.25) is 5.88 Å². The van der Waals surface area contributed by atoms with E-state index in [0.717, 1.165) is 16.7 Å². The van der Waals surface area contributed by atoms with Crippen LogP contribution in [0.4, 0.5) is 5.69 Å². The molecule has 0 aliphatic carbocycles. The van der Waals surface area contributed by atoms with E-state index in [9.17, 15) is 4.79 Å². The maximum Gasteiger partial charge on any atom is 0.279 e. The maximum absolute atomic E-state index is 12.6. The number of methoxy groups -OCH3 is 1. The molecule has 24 heavy (non-hydrogen) atoms. The Morgan fingerprint density at radius 1 is 1.00 bits per heavy atom. The number of benzene rings is 2. The monoisotopic (exact) mass is 321 g/mol. The van der Waals surface area contributed by atoms with Crippen LogP contribution >= 0.6 is 0 Å². The van der Waals surface area contributed by atoms with Gasteiger partial charge in [0, 0.05) is 5.69 Å². The molecule has 0 fully saturated rings. The van der Waals surface area contributed by atoms with Gasteiger partial charge in [-0.05, 0) is 61.7 Å². The van der Waals surface area contributed by atoms with Crippen LogP contribution < -0.4 is 10.1 Å². The van der Waals surface area contributed by atoms with E-state index in [4.69, 9.17) is 4.74 Å². The van der Waals surface area contributed by atoms with E-state index in [1.165, 1.54) is 7.11 Å². The standard InChI is InChI=1S/C19H19N3O2/c1-11-6-5-7-14(8-11)20-18(23)17-19(24-4)22-16-10-13(3)12(2)9-15(16)21-17/h5-10H,1-4H3,(H,20,23). The summed E-state index contributed by atoms with van der Waals surface area (Å²) in [4.78, 5) is 21.5. The van der Waals surface area contributed by atoms with Crippen LogP contribution in [0.1, 0.15) is 27.2 Å². The highest BCUT2D eigenvalue weighted by molar-refractivity contribution is 6.05. The lowest BCUT2D eigenvalue weighted by Gasteiger charge is -2.10. The average Bonchev–Trinajstić information content (AvgIpc) is 2.55. The number of anilines is 1. The van der Waals surface area contributed by atoms with Crippen molar-refractivity contribution < 1.29 is 9.53 Å². The number of amides is 1. The second-order valence-electron chi connectivity index (χ2n) is 5.83. The number of hydrogen-bond acceptors (Lipinski definition) is 4. The Morgan fingerprint density at radius 3 is 2.29 bits per heavy atom. The van der Waals surface area contributed by atoms with Gasteiger partial charge in [-0.2, -0.15) is 0 Å². The number of carbonyl (C=O) groups is 1. The molecule has 0 radical (unpaired) electrons. The van der Waals surface area contributed by atoms with E-state index in [1.54, 1.807) is 0 Å². The number of nitrogens with zero attached hydrogens (tertiary/aromatic N) is 2. The third kappa shape index (κ3) is 3.06. The molecule has 1 N–H and O–H groups in total. The Bertz CT molecular complexity index is 935. The molecule has 0 aliphatic rings. The summed E-state index contributed by atoms with van der Waals surface area (Å²) in [6, 6.07) is 11.5. The van der Waals surface area contributed by atoms with Crippen molar-refractivity contribution in [1.29, 1.82) is 0 Å². The lowest BCUT2D eigenvalue weighted by molar-refractivity contribution is 0.101. The fraction of sp³-hybridized carbons (Fsp3) is 0.211. The van der Waals surface area contributed by atoms with Gasteiger partial charge < -0.3 is 10.1 Å². The quantitative estimate of drug-likeness (QED) is 0.796. The van der Waals surface area contributed by atoms with Crippen molar-refractivity contribution in [2.24, 2.45) is 0 Å². The fourth-order valence-electron chi connectivity index (χ4n) is 2.50. The summed E-state index contributed by atoms with van der Waals surface area (Å²) < 4.78 is 5.27. The molecule has 2 aromatic carbocycles. The number of nitrogens with one attached hydrogen (secondary N) is 1. The molecule has 5 heteroatoms. The van der Waals surface area contributed by atoms with Gasteiger partial charge in [-0.15, -0.1) is 0 Å². The van der Waals surface area contributed by atoms with E-state index in [-0.39, 0.29) is 17.5 Å². The molecule has 122 valence electrons. The van der Waals surface area contributed by atoms with E-state index in [0.29, 0.717) is 16.7 Å². The molecule has 0 bridgehead atoms. The van der Waals surface area contributed by atoms with E-state index >= 15 is 0 Å². The fourth-order valence-corrected chi connectivity index (χ4v) is 2.50. The number of rotatable bonds is 3. The van der Waals surface area contributed by atoms with Gasteiger partial charge >= 0.3 is 0 Å². The van der Waals surface area contributed by atoms with Crippen LogP contribution in [0.5, 0.6) is 5.88 Å². The molecule has 1 heterocycles. The second kappa shape index (κ2) is 6.28. The molecule has 3 aromatic rings. The Labute approximate surface area is 140 Å². The number of carbonyl (C=O) groups excluding carboxylic acids is 1. The topological polar surface area (TPSA) is 64.1 Å². The van der Waals surface area contributed by atoms with Gasteiger partial charge in [-0.3, -0.25) is 4.79 Å². The van der Waals surface area contributed by atoms with Gasteiger partial charge in [-0.25, -0.2) is 9.97 Å². The zero-order valence-electron chi connectivity index (χ0n) is 14.2. The summed E-state index contributed by atoms with van der Waals surface area (Å²) >= 11 is 0. The van der Waals surface area contributed by atoms with Crippen molar-refractivity contribution in [1.82, 2.24) is 9.97 Å². The molecule has 5 nitrogen and oxygen atoms in total. The van der Waals surface area contributed by atoms with Crippen LogP contribution in [0.2, 0.25) is 0 Å². The van der Waals surface area contributed by atoms with Crippen LogP contribution in [-0.2, 0) is 0 Å². The SMILES string of the molecule is COc1nc2cc(C)c(C)cc2nc1C(=O)Nc1cccc(C)c1. The maximum atomic E-state index is 12.6. The Hall–Kier alpha value is -2.95. The lowest BCUT2D eigenvalue weighted by Crippen LogP contribution is -2.16. The van der Waals surface area contributed by atoms with Crippen molar-refractivity contribution in [3.63, 3.8) is 0 Å². The van der Waals surface area contributed by atoms with Crippen molar-refractivity contribution in [2.75, 3.05) is 12.4 Å². The summed E-state index contributed by atoms with van der Waals surface area (Å²) in [7, 11) is 1.49. The third-order valence-corrected chi connectivity index (χ3v) is 3.93. The van der Waals surface area contributed by atoms with Gasteiger partial charge in [-0.1, -0.05) is 12.1 Å². The van der Waals surface area contributed by atoms with Crippen LogP contribution in [0, 0.1) is 20.8 Å². The zero-order chi connectivity index (χ0) is 17.3. The molecule has 0 saturated carbocycles. The van der Waals surface area contributed by atoms with Gasteiger partial charge in [0.1, 0.15) is 0 Å². The highest BCUT2D eigenvalue weighted by atomic mass is 16.5. The Balaban J connectivity index is 2.03. The Kier molecular flexibility index (Phi) is 4.16. The van der Waals surface area contributed by atoms with E-state index in [2.05, 4.69) is 15.3 Å². The summed E-state index contributed by atoms with van der Waals surface area (Å²) in [6.07, 6.45) is 0. The van der Waals surface area contributed by atoms with Gasteiger partial charge in [0.15, 0.2) is 5.69 Å². The number of aryl methyl sites for hydroxylation is 3. The number of ether oxygens (including phenoxy) is 1. The molecule has 0 spiro atoms. The summed E-state index contributed by atoms with van der Waals surface area (Å²) in [5.74, 6) is -0.124. The van der Waals surface area contributed by atoms with Crippen molar-refractivity contribution in [2.45, 2.75) is 20.8 Å². The minimum absolute atomic E-state index is 0.176. The van der Waals surface area contributed by atoms with Crippen molar-refractivity contribution in [3.8, 4) is 5.88 Å². The van der Waals surface area contributed by atoms with Crippen LogP contribution in [0.25, 0.3) is 11.0 Å². The largest absolute Gasteiger partial charge is 0.479 e. The number of fused-ring (bicyclic) bond motifs is 1. The minimum atomic E-state index is -0.343. The van der Waals surface area contributed by atoms with Crippen LogP contribution in [0.15, 0.2) is 36.4 Å². The number of hydrogen-bond donors (Lipinski definition) is 1. The average molecular weight is 321 g/mol. The van der Waals surface area contributed by atoms with Crippen LogP contribution in [0.3, 0.4) is 0 Å². The Morgan fingerprint density at radius 2 is 1.67 bits per heavy atom. The molecule has 0 atom stereocenters. The molecule has 1 aromatic heterocycles. The molecule has 0 aliphatic heterocycles. The predicted molar refractivity (Wildman–Crippen MR) is 94.7 cm³/mol. The highest BCUT2D eigenvalue weighted by Crippen LogP contribution is 2.23. The van der Waals surface area contributed by atoms with Gasteiger partial charge in [0.25, 0.3) is 5.91 Å². The first-order valence-corrected chi connectivity index (χ1v) is 7.69. The summed E-state index contributed by atoms with van der Waals surface area (Å²) in [5.41, 5.74) is 5.56. The zero-order valence-corrected chi connectivity index (χ0v) is 14.2. The normalized spacial score (nSPS) is 10.7. The summed E-state index contributed by atoms with van der Waals surface area (Å²) in [6.45, 7) is 5.99. The van der Waals surface area contributed by atoms with Crippen LogP contribution in [-0.4, -0.2) is 23.0 Å². The van der Waals surface area contributed by atoms with Gasteiger partial charge in [0.05, 0.1) is 18.1 Å². The van der Waals surface area contributed by atoms with E-state index < -0.39 is 0 Å². The van der Waals surface area contributed by atoms with Crippen molar-refractivity contribution in [3.05, 3.63) is 58.8 Å². The third-order valence-electron chi connectivity index (χ3n) is 3.93. The van der Waals surface area contributed by atoms with E-state index in [1.807, 2.05) is 57.2 Å². The molecule has 3 rings (SSSR count). The lowest BCUT2D eigenvalue weighted by atomic mass is 10.1. The first-order chi connectivity index (χ1) is 11.5. The highest BCUT2D eigenvalue weighted by Gasteiger charge is 2.18. The molecular weight excluding hydrogens is 302 g/mol. The minimum Gasteiger partial charge on any atom is -0.479 e. The predicted octanol–water partition coefficient (Wildman–Crippen LogP) is 3.82. The molecule has 0 unspecified atom stereocenters. The summed E-state index contributed by atoms with van der Waals surface area (Å²) in [5, 5.41) is 2.84. The first kappa shape index (κ1) is 15.9. The second-order valence-corrected chi connectivity index (χ2v) is 5.83. The molecule has 1 amide bonds. The first-order valence-electron chi connectivity index (χ1n) is 7.69. The molecule has 0 saturated heterocycles. The number of aromatic nitrogens is 2. The molecular formula is C19H19N3O2. The van der Waals surface area contributed by atoms with Crippen molar-refractivity contribution >= 4 is 22.6 Å².